The van der Waals surface area contributed by atoms with Crippen LogP contribution in [-0.2, 0) is 9.84 Å². The summed E-state index contributed by atoms with van der Waals surface area (Å²) >= 11 is 0. The highest BCUT2D eigenvalue weighted by Gasteiger charge is 2.24. The van der Waals surface area contributed by atoms with Crippen LogP contribution < -0.4 is 5.73 Å². The molecular formula is C6H8N2O4S. The maximum atomic E-state index is 11.1. The summed E-state index contributed by atoms with van der Waals surface area (Å²) < 4.78 is 26.4. The van der Waals surface area contributed by atoms with Crippen molar-refractivity contribution in [2.75, 3.05) is 11.5 Å². The molecule has 0 aliphatic heterocycles. The highest BCUT2D eigenvalue weighted by molar-refractivity contribution is 8.06. The third-order valence-corrected chi connectivity index (χ3v) is 2.93. The number of nitrogens with zero attached hydrogens (tertiary/aromatic N) is 1. The van der Waals surface area contributed by atoms with Crippen molar-refractivity contribution in [3.8, 4) is 0 Å². The minimum atomic E-state index is -3.75. The van der Waals surface area contributed by atoms with Gasteiger partial charge >= 0.3 is 0 Å². The van der Waals surface area contributed by atoms with E-state index in [-0.39, 0.29) is 17.3 Å². The molecule has 0 amide bonds. The van der Waals surface area contributed by atoms with Crippen LogP contribution >= 0.6 is 0 Å². The molecule has 0 aliphatic carbocycles. The van der Waals surface area contributed by atoms with E-state index >= 15 is 0 Å². The fraction of sp³-hybridized carbons (Fsp3) is 0.333. The number of nitrogens with two attached hydrogens (primary N) is 1. The third-order valence-electron chi connectivity index (χ3n) is 1.40. The maximum Gasteiger partial charge on any atom is 0.298 e. The van der Waals surface area contributed by atoms with Gasteiger partial charge in [0.2, 0.25) is 15.7 Å². The monoisotopic (exact) mass is 204 g/mol. The lowest BCUT2D eigenvalue weighted by Gasteiger charge is -1.93. The smallest absolute Gasteiger partial charge is 0.298 e. The fourth-order valence-electron chi connectivity index (χ4n) is 0.676. The van der Waals surface area contributed by atoms with E-state index in [0.29, 0.717) is 0 Å². The van der Waals surface area contributed by atoms with E-state index in [0.717, 1.165) is 6.07 Å². The van der Waals surface area contributed by atoms with E-state index < -0.39 is 15.0 Å². The van der Waals surface area contributed by atoms with Crippen LogP contribution in [-0.4, -0.2) is 24.4 Å². The van der Waals surface area contributed by atoms with Crippen LogP contribution in [0.4, 0.5) is 5.88 Å². The zero-order valence-corrected chi connectivity index (χ0v) is 7.67. The molecule has 1 aromatic heterocycles. The van der Waals surface area contributed by atoms with Crippen molar-refractivity contribution in [1.29, 1.82) is 0 Å². The zero-order valence-electron chi connectivity index (χ0n) is 6.85. The number of nitrogen functional groups attached to an aromatic ring is 1. The Morgan fingerprint density at radius 1 is 1.69 bits per heavy atom. The summed E-state index contributed by atoms with van der Waals surface area (Å²) in [5.74, 6) is -0.354. The van der Waals surface area contributed by atoms with Crippen LogP contribution in [0, 0.1) is 0 Å². The highest BCUT2D eigenvalue weighted by Crippen LogP contribution is 2.09. The molecule has 0 unspecified atom stereocenters. The molecule has 0 aliphatic rings. The van der Waals surface area contributed by atoms with Gasteiger partial charge in [-0.1, -0.05) is 12.1 Å². The van der Waals surface area contributed by atoms with Crippen LogP contribution in [0.1, 0.15) is 17.4 Å². The fourth-order valence-corrected chi connectivity index (χ4v) is 1.35. The molecule has 0 saturated heterocycles. The molecular weight excluding hydrogens is 196 g/mol. The number of rotatable bonds is 2. The van der Waals surface area contributed by atoms with Crippen molar-refractivity contribution in [3.05, 3.63) is 11.8 Å². The second kappa shape index (κ2) is 3.17. The van der Waals surface area contributed by atoms with Crippen molar-refractivity contribution in [1.82, 2.24) is 5.16 Å². The molecule has 0 saturated carbocycles. The predicted octanol–water partition coefficient (Wildman–Crippen LogP) is -0.168. The summed E-state index contributed by atoms with van der Waals surface area (Å²) in [6.45, 7) is 1.37. The summed E-state index contributed by atoms with van der Waals surface area (Å²) in [5.41, 5.74) is 4.85. The minimum Gasteiger partial charge on any atom is -0.368 e. The number of carbonyl (C=O) groups excluding carboxylic acids is 1. The molecule has 0 bridgehead atoms. The maximum absolute atomic E-state index is 11.1. The van der Waals surface area contributed by atoms with E-state index in [9.17, 15) is 13.2 Å². The number of aromatic nitrogens is 1. The molecule has 7 heteroatoms. The van der Waals surface area contributed by atoms with Gasteiger partial charge in [-0.05, 0) is 0 Å². The molecule has 1 rings (SSSR count). The SMILES string of the molecule is CCS(=O)(=O)C(=O)c1cc(N)on1. The molecule has 0 aromatic carbocycles. The van der Waals surface area contributed by atoms with Crippen molar-refractivity contribution < 1.29 is 17.7 Å². The van der Waals surface area contributed by atoms with Gasteiger partial charge in [-0.15, -0.1) is 0 Å². The van der Waals surface area contributed by atoms with Crippen molar-refractivity contribution in [2.24, 2.45) is 0 Å². The molecule has 1 heterocycles. The first-order valence-corrected chi connectivity index (χ1v) is 5.12. The number of hydrogen-bond acceptors (Lipinski definition) is 6. The topological polar surface area (TPSA) is 103 Å². The van der Waals surface area contributed by atoms with E-state index in [1.165, 1.54) is 6.92 Å². The van der Waals surface area contributed by atoms with Gasteiger partial charge in [0.1, 0.15) is 0 Å². The summed E-state index contributed by atoms with van der Waals surface area (Å²) in [7, 11) is -3.75. The Labute approximate surface area is 74.6 Å². The van der Waals surface area contributed by atoms with Crippen LogP contribution in [0.2, 0.25) is 0 Å². The van der Waals surface area contributed by atoms with Gasteiger partial charge in [-0.2, -0.15) is 0 Å². The number of hydrogen-bond donors (Lipinski definition) is 1. The van der Waals surface area contributed by atoms with Gasteiger partial charge in [0.05, 0.1) is 5.75 Å². The van der Waals surface area contributed by atoms with E-state index in [4.69, 9.17) is 5.73 Å². The molecule has 0 spiro atoms. The molecule has 2 N–H and O–H groups in total. The van der Waals surface area contributed by atoms with Gasteiger partial charge in [-0.3, -0.25) is 4.79 Å². The number of carbonyl (C=O) groups is 1. The molecule has 0 atom stereocenters. The quantitative estimate of drug-likeness (QED) is 0.717. The van der Waals surface area contributed by atoms with E-state index in [1.54, 1.807) is 0 Å². The second-order valence-corrected chi connectivity index (χ2v) is 4.48. The standard InChI is InChI=1S/C6H8N2O4S/c1-2-13(10,11)6(9)4-3-5(7)12-8-4/h3H,2,7H2,1H3. The van der Waals surface area contributed by atoms with Gasteiger partial charge in [-0.25, -0.2) is 8.42 Å². The van der Waals surface area contributed by atoms with Crippen molar-refractivity contribution >= 4 is 20.8 Å². The van der Waals surface area contributed by atoms with Gasteiger partial charge in [0.15, 0.2) is 5.69 Å². The Kier molecular flexibility index (Phi) is 2.37. The highest BCUT2D eigenvalue weighted by atomic mass is 32.2. The molecule has 13 heavy (non-hydrogen) atoms. The van der Waals surface area contributed by atoms with Crippen LogP contribution in [0.15, 0.2) is 10.6 Å². The lowest BCUT2D eigenvalue weighted by Crippen LogP contribution is -2.17. The number of anilines is 1. The van der Waals surface area contributed by atoms with Crippen LogP contribution in [0.3, 0.4) is 0 Å². The normalized spacial score (nSPS) is 11.5. The third kappa shape index (κ3) is 1.86. The first-order valence-electron chi connectivity index (χ1n) is 3.46. The summed E-state index contributed by atoms with van der Waals surface area (Å²) in [4.78, 5) is 11.1. The molecule has 72 valence electrons. The Balaban J connectivity index is 3.06. The molecule has 1 aromatic rings. The van der Waals surface area contributed by atoms with Crippen molar-refractivity contribution in [3.63, 3.8) is 0 Å². The largest absolute Gasteiger partial charge is 0.368 e. The number of sulfone groups is 1. The van der Waals surface area contributed by atoms with E-state index in [2.05, 4.69) is 9.68 Å². The lowest BCUT2D eigenvalue weighted by molar-refractivity contribution is 0.106. The molecule has 0 fully saturated rings. The molecule has 6 nitrogen and oxygen atoms in total. The summed E-state index contributed by atoms with van der Waals surface area (Å²) in [6, 6.07) is 1.08. The Morgan fingerprint density at radius 3 is 2.69 bits per heavy atom. The van der Waals surface area contributed by atoms with Crippen LogP contribution in [0.25, 0.3) is 0 Å². The van der Waals surface area contributed by atoms with Crippen molar-refractivity contribution in [2.45, 2.75) is 6.92 Å². The lowest BCUT2D eigenvalue weighted by atomic mass is 10.5. The first kappa shape index (κ1) is 9.72. The van der Waals surface area contributed by atoms with E-state index in [1.807, 2.05) is 0 Å². The predicted molar refractivity (Wildman–Crippen MR) is 44.7 cm³/mol. The Morgan fingerprint density at radius 2 is 2.31 bits per heavy atom. The summed E-state index contributed by atoms with van der Waals surface area (Å²) in [5, 5.41) is 2.14. The Bertz CT molecular complexity index is 420. The molecule has 0 radical (unpaired) electrons. The van der Waals surface area contributed by atoms with Crippen LogP contribution in [0.5, 0.6) is 0 Å². The van der Waals surface area contributed by atoms with Gasteiger partial charge < -0.3 is 10.3 Å². The zero-order chi connectivity index (χ0) is 10.1. The minimum absolute atomic E-state index is 0.0883. The average molecular weight is 204 g/mol. The van der Waals surface area contributed by atoms with Gasteiger partial charge in [0, 0.05) is 6.07 Å². The first-order chi connectivity index (χ1) is 5.97. The van der Waals surface area contributed by atoms with Gasteiger partial charge in [0.25, 0.3) is 5.12 Å². The summed E-state index contributed by atoms with van der Waals surface area (Å²) in [6.07, 6.45) is 0. The second-order valence-electron chi connectivity index (χ2n) is 2.31. The average Bonchev–Trinajstić information content (AvgIpc) is 2.50. The Hall–Kier alpha value is -1.37.